The van der Waals surface area contributed by atoms with E-state index in [1.54, 1.807) is 17.8 Å². The highest BCUT2D eigenvalue weighted by Crippen LogP contribution is 2.29. The topological polar surface area (TPSA) is 84.5 Å². The molecule has 1 aromatic carbocycles. The predicted molar refractivity (Wildman–Crippen MR) is 126 cm³/mol. The Morgan fingerprint density at radius 2 is 1.97 bits per heavy atom. The summed E-state index contributed by atoms with van der Waals surface area (Å²) >= 11 is 13.5. The number of benzene rings is 1. The van der Waals surface area contributed by atoms with Gasteiger partial charge in [0.2, 0.25) is 0 Å². The lowest BCUT2D eigenvalue weighted by Crippen LogP contribution is -2.46. The second kappa shape index (κ2) is 12.6. The van der Waals surface area contributed by atoms with Crippen LogP contribution in [0.5, 0.6) is 0 Å². The summed E-state index contributed by atoms with van der Waals surface area (Å²) in [6.07, 6.45) is 5.44. The van der Waals surface area contributed by atoms with Gasteiger partial charge in [0.25, 0.3) is 11.8 Å². The van der Waals surface area contributed by atoms with Crippen LogP contribution in [0.15, 0.2) is 18.2 Å². The van der Waals surface area contributed by atoms with E-state index in [1.165, 1.54) is 12.1 Å². The fraction of sp³-hybridized carbons (Fsp3) is 0.591. The van der Waals surface area contributed by atoms with Crippen LogP contribution in [0.3, 0.4) is 0 Å². The van der Waals surface area contributed by atoms with Gasteiger partial charge in [0.1, 0.15) is 6.04 Å². The summed E-state index contributed by atoms with van der Waals surface area (Å²) in [7, 11) is 0. The monoisotopic (exact) mass is 488 g/mol. The Balaban J connectivity index is 1.92. The number of nitrogens with one attached hydrogen (secondary N) is 2. The minimum Gasteiger partial charge on any atom is -0.454 e. The maximum Gasteiger partial charge on any atom is 0.329 e. The van der Waals surface area contributed by atoms with E-state index >= 15 is 0 Å². The van der Waals surface area contributed by atoms with Gasteiger partial charge in [0.05, 0.1) is 10.6 Å². The van der Waals surface area contributed by atoms with Gasteiger partial charge in [0.15, 0.2) is 6.61 Å². The van der Waals surface area contributed by atoms with Crippen LogP contribution in [0.2, 0.25) is 10.0 Å². The van der Waals surface area contributed by atoms with Crippen LogP contribution in [-0.2, 0) is 14.3 Å². The van der Waals surface area contributed by atoms with Gasteiger partial charge >= 0.3 is 5.97 Å². The van der Waals surface area contributed by atoms with Crippen molar-refractivity contribution in [1.29, 1.82) is 0 Å². The molecule has 1 fully saturated rings. The van der Waals surface area contributed by atoms with E-state index < -0.39 is 17.9 Å². The Morgan fingerprint density at radius 1 is 1.23 bits per heavy atom. The van der Waals surface area contributed by atoms with E-state index in [0.717, 1.165) is 19.3 Å². The number of ether oxygens (including phenoxy) is 1. The molecule has 0 heterocycles. The largest absolute Gasteiger partial charge is 0.454 e. The summed E-state index contributed by atoms with van der Waals surface area (Å²) in [4.78, 5) is 37.5. The quantitative estimate of drug-likeness (QED) is 0.505. The standard InChI is InChI=1S/C22H30Cl2N2O4S/c1-13-5-4-6-18(14(13)2)25-20(27)12-30-22(29)19(9-10-31-3)26-21(28)16-8-7-15(23)11-17(16)24/h7-8,11,13-14,18-19H,4-6,9-10,12H2,1-3H3,(H,25,27)(H,26,28)/t13-,14+,18-,19-/m1/s1. The van der Waals surface area contributed by atoms with Crippen molar-refractivity contribution in [2.24, 2.45) is 11.8 Å². The molecule has 1 saturated carbocycles. The zero-order valence-electron chi connectivity index (χ0n) is 18.1. The number of hydrogen-bond acceptors (Lipinski definition) is 5. The maximum atomic E-state index is 12.6. The normalized spacial score (nSPS) is 21.8. The van der Waals surface area contributed by atoms with Gasteiger partial charge < -0.3 is 15.4 Å². The van der Waals surface area contributed by atoms with Gasteiger partial charge in [-0.25, -0.2) is 4.79 Å². The van der Waals surface area contributed by atoms with Gasteiger partial charge in [-0.05, 0) is 54.9 Å². The lowest BCUT2D eigenvalue weighted by Gasteiger charge is -2.34. The molecule has 2 N–H and O–H groups in total. The number of esters is 1. The molecule has 0 aliphatic heterocycles. The van der Waals surface area contributed by atoms with Crippen LogP contribution >= 0.6 is 35.0 Å². The van der Waals surface area contributed by atoms with Crippen LogP contribution in [-0.4, -0.2) is 48.5 Å². The molecule has 4 atom stereocenters. The summed E-state index contributed by atoms with van der Waals surface area (Å²) in [5.41, 5.74) is 0.214. The average molecular weight is 489 g/mol. The summed E-state index contributed by atoms with van der Waals surface area (Å²) in [6.45, 7) is 3.95. The Hall–Kier alpha value is -1.44. The first-order valence-corrected chi connectivity index (χ1v) is 12.6. The molecule has 1 aliphatic rings. The molecule has 0 unspecified atom stereocenters. The Morgan fingerprint density at radius 3 is 2.65 bits per heavy atom. The number of carbonyl (C=O) groups is 3. The lowest BCUT2D eigenvalue weighted by molar-refractivity contribution is -0.150. The van der Waals surface area contributed by atoms with Crippen molar-refractivity contribution in [2.75, 3.05) is 18.6 Å². The molecule has 2 rings (SSSR count). The van der Waals surface area contributed by atoms with Crippen LogP contribution in [0.25, 0.3) is 0 Å². The van der Waals surface area contributed by atoms with E-state index in [1.807, 2.05) is 6.26 Å². The molecule has 6 nitrogen and oxygen atoms in total. The minimum atomic E-state index is -0.881. The molecule has 31 heavy (non-hydrogen) atoms. The summed E-state index contributed by atoms with van der Waals surface area (Å²) in [5, 5.41) is 6.24. The van der Waals surface area contributed by atoms with E-state index in [-0.39, 0.29) is 29.1 Å². The molecule has 0 bridgehead atoms. The molecule has 2 amide bonds. The molecule has 9 heteroatoms. The van der Waals surface area contributed by atoms with E-state index in [9.17, 15) is 14.4 Å². The van der Waals surface area contributed by atoms with Crippen LogP contribution < -0.4 is 10.6 Å². The van der Waals surface area contributed by atoms with Crippen molar-refractivity contribution < 1.29 is 19.1 Å². The van der Waals surface area contributed by atoms with E-state index in [4.69, 9.17) is 27.9 Å². The third-order valence-electron chi connectivity index (χ3n) is 5.77. The smallest absolute Gasteiger partial charge is 0.329 e. The fourth-order valence-electron chi connectivity index (χ4n) is 3.67. The number of hydrogen-bond donors (Lipinski definition) is 2. The average Bonchev–Trinajstić information content (AvgIpc) is 2.72. The predicted octanol–water partition coefficient (Wildman–Crippen LogP) is 4.33. The fourth-order valence-corrected chi connectivity index (χ4v) is 4.63. The molecule has 0 saturated heterocycles. The number of amides is 2. The van der Waals surface area contributed by atoms with Crippen molar-refractivity contribution in [2.45, 2.75) is 51.6 Å². The van der Waals surface area contributed by atoms with Gasteiger partial charge in [-0.15, -0.1) is 0 Å². The Kier molecular flexibility index (Phi) is 10.5. The molecule has 0 spiro atoms. The number of carbonyl (C=O) groups excluding carboxylic acids is 3. The van der Waals surface area contributed by atoms with Crippen LogP contribution in [0, 0.1) is 11.8 Å². The zero-order chi connectivity index (χ0) is 23.0. The molecule has 172 valence electrons. The van der Waals surface area contributed by atoms with Crippen molar-refractivity contribution in [3.8, 4) is 0 Å². The third kappa shape index (κ3) is 7.88. The minimum absolute atomic E-state index is 0.0917. The lowest BCUT2D eigenvalue weighted by atomic mass is 9.78. The maximum absolute atomic E-state index is 12.6. The summed E-state index contributed by atoms with van der Waals surface area (Å²) in [5.74, 6) is 0.0957. The van der Waals surface area contributed by atoms with Gasteiger partial charge in [-0.3, -0.25) is 9.59 Å². The van der Waals surface area contributed by atoms with Crippen LogP contribution in [0.1, 0.15) is 49.9 Å². The number of thioether (sulfide) groups is 1. The molecule has 0 radical (unpaired) electrons. The summed E-state index contributed by atoms with van der Waals surface area (Å²) in [6, 6.07) is 3.72. The first-order valence-electron chi connectivity index (χ1n) is 10.4. The zero-order valence-corrected chi connectivity index (χ0v) is 20.4. The number of halogens is 2. The Bertz CT molecular complexity index is 793. The van der Waals surface area contributed by atoms with Gasteiger partial charge in [0, 0.05) is 11.1 Å². The molecule has 1 aliphatic carbocycles. The molecular formula is C22H30Cl2N2O4S. The second-order valence-corrected chi connectivity index (χ2v) is 9.81. The van der Waals surface area contributed by atoms with E-state index in [0.29, 0.717) is 29.0 Å². The van der Waals surface area contributed by atoms with E-state index in [2.05, 4.69) is 24.5 Å². The van der Waals surface area contributed by atoms with Gasteiger partial charge in [-0.2, -0.15) is 11.8 Å². The molecule has 1 aromatic rings. The van der Waals surface area contributed by atoms with Crippen molar-refractivity contribution >= 4 is 52.7 Å². The second-order valence-electron chi connectivity index (χ2n) is 7.98. The first-order chi connectivity index (χ1) is 14.7. The number of rotatable bonds is 9. The van der Waals surface area contributed by atoms with Crippen LogP contribution in [0.4, 0.5) is 0 Å². The molecule has 0 aromatic heterocycles. The van der Waals surface area contributed by atoms with Crippen molar-refractivity contribution in [1.82, 2.24) is 10.6 Å². The Labute approximate surface area is 198 Å². The van der Waals surface area contributed by atoms with Crippen molar-refractivity contribution in [3.05, 3.63) is 33.8 Å². The summed E-state index contributed by atoms with van der Waals surface area (Å²) < 4.78 is 5.22. The molecular weight excluding hydrogens is 459 g/mol. The first kappa shape index (κ1) is 25.8. The highest BCUT2D eigenvalue weighted by atomic mass is 35.5. The highest BCUT2D eigenvalue weighted by molar-refractivity contribution is 7.98. The SMILES string of the molecule is CSCC[C@@H](NC(=O)c1ccc(Cl)cc1Cl)C(=O)OCC(=O)N[C@@H]1CCC[C@@H](C)[C@@H]1C. The highest BCUT2D eigenvalue weighted by Gasteiger charge is 2.29. The van der Waals surface area contributed by atoms with Gasteiger partial charge in [-0.1, -0.05) is 49.9 Å². The van der Waals surface area contributed by atoms with Crippen molar-refractivity contribution in [3.63, 3.8) is 0 Å². The third-order valence-corrected chi connectivity index (χ3v) is 6.97.